The van der Waals surface area contributed by atoms with Crippen LogP contribution in [0.1, 0.15) is 19.4 Å². The molecule has 0 aliphatic carbocycles. The second-order valence-electron chi connectivity index (χ2n) is 6.37. The quantitative estimate of drug-likeness (QED) is 0.764. The standard InChI is InChI=1S/C20H23N3O5/c1-5-23-17-15(7-6-10-21-17)28-20(2,19(23)25)18(24)22-12-13-8-9-14(26-3)11-16(13)27-4/h6-11H,5,12H2,1-4H3,(H,22,24)/t20-/m1/s1. The molecule has 0 spiro atoms. The van der Waals surface area contributed by atoms with E-state index in [1.807, 2.05) is 6.92 Å². The van der Waals surface area contributed by atoms with E-state index in [-0.39, 0.29) is 6.54 Å². The summed E-state index contributed by atoms with van der Waals surface area (Å²) in [6, 6.07) is 8.68. The Morgan fingerprint density at radius 2 is 2.07 bits per heavy atom. The summed E-state index contributed by atoms with van der Waals surface area (Å²) >= 11 is 0. The predicted octanol–water partition coefficient (Wildman–Crippen LogP) is 1.92. The molecule has 0 radical (unpaired) electrons. The van der Waals surface area contributed by atoms with E-state index in [1.165, 1.54) is 18.9 Å². The Balaban J connectivity index is 1.81. The Labute approximate surface area is 163 Å². The molecule has 1 aliphatic rings. The van der Waals surface area contributed by atoms with Crippen LogP contribution in [-0.4, -0.2) is 43.2 Å². The van der Waals surface area contributed by atoms with Gasteiger partial charge in [-0.15, -0.1) is 0 Å². The molecule has 0 bridgehead atoms. The first-order chi connectivity index (χ1) is 13.4. The van der Waals surface area contributed by atoms with Gasteiger partial charge in [0.05, 0.1) is 14.2 Å². The number of aromatic nitrogens is 1. The maximum atomic E-state index is 13.0. The average Bonchev–Trinajstić information content (AvgIpc) is 2.72. The number of anilines is 1. The lowest BCUT2D eigenvalue weighted by Gasteiger charge is -2.38. The highest BCUT2D eigenvalue weighted by molar-refractivity contribution is 6.16. The zero-order chi connectivity index (χ0) is 20.3. The molecule has 1 aromatic carbocycles. The van der Waals surface area contributed by atoms with Crippen LogP contribution in [0.15, 0.2) is 36.5 Å². The highest BCUT2D eigenvalue weighted by Gasteiger charge is 2.50. The maximum Gasteiger partial charge on any atom is 0.282 e. The minimum absolute atomic E-state index is 0.171. The number of amides is 2. The number of carbonyl (C=O) groups excluding carboxylic acids is 2. The first kappa shape index (κ1) is 19.5. The number of ether oxygens (including phenoxy) is 3. The van der Waals surface area contributed by atoms with Crippen LogP contribution < -0.4 is 24.4 Å². The van der Waals surface area contributed by atoms with E-state index in [9.17, 15) is 9.59 Å². The normalized spacial score (nSPS) is 18.1. The Kier molecular flexibility index (Phi) is 5.39. The van der Waals surface area contributed by atoms with Crippen molar-refractivity contribution >= 4 is 17.6 Å². The Morgan fingerprint density at radius 1 is 1.29 bits per heavy atom. The molecule has 148 valence electrons. The number of fused-ring (bicyclic) bond motifs is 1. The maximum absolute atomic E-state index is 13.0. The van der Waals surface area contributed by atoms with Crippen LogP contribution in [-0.2, 0) is 16.1 Å². The summed E-state index contributed by atoms with van der Waals surface area (Å²) in [5, 5.41) is 2.77. The SMILES string of the molecule is CCN1C(=O)[C@@](C)(C(=O)NCc2ccc(OC)cc2OC)Oc2cccnc21. The van der Waals surface area contributed by atoms with E-state index < -0.39 is 17.4 Å². The fraction of sp³-hybridized carbons (Fsp3) is 0.350. The van der Waals surface area contributed by atoms with Crippen LogP contribution >= 0.6 is 0 Å². The molecule has 0 fully saturated rings. The van der Waals surface area contributed by atoms with Gasteiger partial charge < -0.3 is 19.5 Å². The van der Waals surface area contributed by atoms with Crippen molar-refractivity contribution < 1.29 is 23.8 Å². The van der Waals surface area contributed by atoms with E-state index >= 15 is 0 Å². The van der Waals surface area contributed by atoms with Crippen LogP contribution in [0.5, 0.6) is 17.2 Å². The third-order valence-corrected chi connectivity index (χ3v) is 4.66. The molecule has 1 atom stereocenters. The molecule has 8 nitrogen and oxygen atoms in total. The van der Waals surface area contributed by atoms with Crippen molar-refractivity contribution in [2.45, 2.75) is 26.0 Å². The van der Waals surface area contributed by atoms with Gasteiger partial charge in [0.15, 0.2) is 11.6 Å². The van der Waals surface area contributed by atoms with Crippen LogP contribution in [0.4, 0.5) is 5.82 Å². The van der Waals surface area contributed by atoms with Crippen LogP contribution in [0.2, 0.25) is 0 Å². The molecule has 8 heteroatoms. The second-order valence-corrected chi connectivity index (χ2v) is 6.37. The van der Waals surface area contributed by atoms with Gasteiger partial charge in [-0.2, -0.15) is 0 Å². The van der Waals surface area contributed by atoms with Gasteiger partial charge in [0.25, 0.3) is 17.4 Å². The molecule has 0 saturated heterocycles. The molecule has 2 aromatic rings. The highest BCUT2D eigenvalue weighted by Crippen LogP contribution is 2.36. The van der Waals surface area contributed by atoms with Crippen LogP contribution in [0, 0.1) is 0 Å². The van der Waals surface area contributed by atoms with Gasteiger partial charge in [0, 0.05) is 30.9 Å². The summed E-state index contributed by atoms with van der Waals surface area (Å²) in [6.07, 6.45) is 1.58. The first-order valence-electron chi connectivity index (χ1n) is 8.89. The Morgan fingerprint density at radius 3 is 2.75 bits per heavy atom. The number of pyridine rings is 1. The van der Waals surface area contributed by atoms with E-state index in [0.717, 1.165) is 5.56 Å². The van der Waals surface area contributed by atoms with Gasteiger partial charge in [-0.3, -0.25) is 14.5 Å². The second kappa shape index (κ2) is 7.75. The Bertz CT molecular complexity index is 901. The third kappa shape index (κ3) is 3.33. The smallest absolute Gasteiger partial charge is 0.282 e. The number of nitrogens with zero attached hydrogens (tertiary/aromatic N) is 2. The summed E-state index contributed by atoms with van der Waals surface area (Å²) in [5.41, 5.74) is -0.941. The van der Waals surface area contributed by atoms with Crippen molar-refractivity contribution in [3.63, 3.8) is 0 Å². The summed E-state index contributed by atoms with van der Waals surface area (Å²) < 4.78 is 16.3. The number of hydrogen-bond donors (Lipinski definition) is 1. The fourth-order valence-electron chi connectivity index (χ4n) is 3.06. The summed E-state index contributed by atoms with van der Waals surface area (Å²) in [4.78, 5) is 31.5. The zero-order valence-corrected chi connectivity index (χ0v) is 16.3. The van der Waals surface area contributed by atoms with Crippen molar-refractivity contribution in [1.82, 2.24) is 10.3 Å². The number of hydrogen-bond acceptors (Lipinski definition) is 6. The summed E-state index contributed by atoms with van der Waals surface area (Å²) in [6.45, 7) is 3.84. The molecule has 0 saturated carbocycles. The minimum Gasteiger partial charge on any atom is -0.497 e. The molecule has 2 heterocycles. The van der Waals surface area contributed by atoms with Gasteiger partial charge in [0.2, 0.25) is 0 Å². The summed E-state index contributed by atoms with van der Waals surface area (Å²) in [7, 11) is 3.10. The lowest BCUT2D eigenvalue weighted by Crippen LogP contribution is -2.62. The zero-order valence-electron chi connectivity index (χ0n) is 16.3. The van der Waals surface area contributed by atoms with E-state index in [1.54, 1.807) is 43.6 Å². The number of rotatable bonds is 6. The molecule has 1 N–H and O–H groups in total. The van der Waals surface area contributed by atoms with E-state index in [2.05, 4.69) is 10.3 Å². The predicted molar refractivity (Wildman–Crippen MR) is 103 cm³/mol. The van der Waals surface area contributed by atoms with Gasteiger partial charge in [-0.1, -0.05) is 0 Å². The molecule has 2 amide bonds. The van der Waals surface area contributed by atoms with Crippen LogP contribution in [0.3, 0.4) is 0 Å². The van der Waals surface area contributed by atoms with Gasteiger partial charge in [0.1, 0.15) is 11.5 Å². The number of carbonyl (C=O) groups is 2. The van der Waals surface area contributed by atoms with Crippen LogP contribution in [0.25, 0.3) is 0 Å². The molecular formula is C20H23N3O5. The van der Waals surface area contributed by atoms with Crippen molar-refractivity contribution in [3.05, 3.63) is 42.1 Å². The van der Waals surface area contributed by atoms with Gasteiger partial charge >= 0.3 is 0 Å². The average molecular weight is 385 g/mol. The molecule has 1 aliphatic heterocycles. The summed E-state index contributed by atoms with van der Waals surface area (Å²) in [5.74, 6) is 1.03. The Hall–Kier alpha value is -3.29. The highest BCUT2D eigenvalue weighted by atomic mass is 16.5. The first-order valence-corrected chi connectivity index (χ1v) is 8.89. The number of likely N-dealkylation sites (N-methyl/N-ethyl adjacent to an activating group) is 1. The largest absolute Gasteiger partial charge is 0.497 e. The van der Waals surface area contributed by atoms with Crippen molar-refractivity contribution in [2.24, 2.45) is 0 Å². The lowest BCUT2D eigenvalue weighted by molar-refractivity contribution is -0.148. The molecular weight excluding hydrogens is 362 g/mol. The van der Waals surface area contributed by atoms with Gasteiger partial charge in [-0.05, 0) is 38.1 Å². The topological polar surface area (TPSA) is 90.0 Å². The number of benzene rings is 1. The number of methoxy groups -OCH3 is 2. The molecule has 3 rings (SSSR count). The molecule has 0 unspecified atom stereocenters. The van der Waals surface area contributed by atoms with E-state index in [4.69, 9.17) is 14.2 Å². The van der Waals surface area contributed by atoms with E-state index in [0.29, 0.717) is 29.6 Å². The molecule has 28 heavy (non-hydrogen) atoms. The fourth-order valence-corrected chi connectivity index (χ4v) is 3.06. The third-order valence-electron chi connectivity index (χ3n) is 4.66. The van der Waals surface area contributed by atoms with Crippen molar-refractivity contribution in [1.29, 1.82) is 0 Å². The number of nitrogens with one attached hydrogen (secondary N) is 1. The van der Waals surface area contributed by atoms with Crippen molar-refractivity contribution in [2.75, 3.05) is 25.7 Å². The van der Waals surface area contributed by atoms with Crippen molar-refractivity contribution in [3.8, 4) is 17.2 Å². The van der Waals surface area contributed by atoms with Gasteiger partial charge in [-0.25, -0.2) is 4.98 Å². The monoisotopic (exact) mass is 385 g/mol. The minimum atomic E-state index is -1.69. The molecule has 1 aromatic heterocycles. The lowest BCUT2D eigenvalue weighted by atomic mass is 10.0.